The number of nitrogens with one attached hydrogen (secondary N) is 1. The zero-order valence-electron chi connectivity index (χ0n) is 11.9. The quantitative estimate of drug-likeness (QED) is 0.476. The van der Waals surface area contributed by atoms with Crippen molar-refractivity contribution < 1.29 is 14.3 Å². The first-order valence-corrected chi connectivity index (χ1v) is 8.24. The number of esters is 1. The molecule has 20 heavy (non-hydrogen) atoms. The van der Waals surface area contributed by atoms with Gasteiger partial charge in [-0.05, 0) is 26.3 Å². The van der Waals surface area contributed by atoms with Gasteiger partial charge in [0.15, 0.2) is 0 Å². The van der Waals surface area contributed by atoms with E-state index in [0.29, 0.717) is 22.9 Å². The molecule has 0 aliphatic heterocycles. The Bertz CT molecular complexity index is 509. The first-order chi connectivity index (χ1) is 9.51. The molecule has 110 valence electrons. The fraction of sp³-hybridized carbons (Fsp3) is 0.429. The van der Waals surface area contributed by atoms with Crippen LogP contribution in [0.1, 0.15) is 27.7 Å². The highest BCUT2D eigenvalue weighted by atomic mass is 32.2. The lowest BCUT2D eigenvalue weighted by molar-refractivity contribution is -0.113. The minimum atomic E-state index is -0.386. The van der Waals surface area contributed by atoms with Crippen molar-refractivity contribution in [3.05, 3.63) is 28.7 Å². The second kappa shape index (κ2) is 8.11. The first kappa shape index (κ1) is 16.8. The molecule has 0 radical (unpaired) electrons. The smallest absolute Gasteiger partial charge is 0.341 e. The number of anilines is 1. The number of carbonyl (C=O) groups is 2. The molecule has 1 N–H and O–H groups in total. The van der Waals surface area contributed by atoms with Gasteiger partial charge in [-0.3, -0.25) is 4.79 Å². The van der Waals surface area contributed by atoms with Crippen LogP contribution in [-0.2, 0) is 9.53 Å². The first-order valence-electron chi connectivity index (χ1n) is 6.26. The predicted molar refractivity (Wildman–Crippen MR) is 85.9 cm³/mol. The molecule has 0 atom stereocenters. The highest BCUT2D eigenvalue weighted by Gasteiger charge is 2.21. The van der Waals surface area contributed by atoms with Crippen molar-refractivity contribution in [3.63, 3.8) is 0 Å². The maximum absolute atomic E-state index is 12.0. The molecule has 0 aliphatic carbocycles. The van der Waals surface area contributed by atoms with Crippen LogP contribution in [0.5, 0.6) is 0 Å². The molecule has 6 heteroatoms. The van der Waals surface area contributed by atoms with E-state index in [-0.39, 0.29) is 11.9 Å². The number of rotatable bonds is 7. The van der Waals surface area contributed by atoms with Crippen molar-refractivity contribution in [2.45, 2.75) is 20.8 Å². The Balaban J connectivity index is 2.84. The van der Waals surface area contributed by atoms with Crippen molar-refractivity contribution in [1.82, 2.24) is 0 Å². The van der Waals surface area contributed by atoms with E-state index in [1.165, 1.54) is 23.1 Å². The molecule has 0 bridgehead atoms. The van der Waals surface area contributed by atoms with E-state index in [4.69, 9.17) is 4.74 Å². The standard InChI is InChI=1S/C14H19NO3S2/c1-5-7-19-8-11(16)15-13-12(14(17)18-6-2)9(3)10(4)20-13/h5H,1,6-8H2,2-4H3,(H,15,16). The molecular formula is C14H19NO3S2. The fourth-order valence-corrected chi connectivity index (χ4v) is 3.17. The largest absolute Gasteiger partial charge is 0.462 e. The molecule has 1 heterocycles. The van der Waals surface area contributed by atoms with Crippen LogP contribution in [0, 0.1) is 13.8 Å². The molecule has 0 aliphatic rings. The summed E-state index contributed by atoms with van der Waals surface area (Å²) in [5.74, 6) is 0.553. The number of aryl methyl sites for hydroxylation is 1. The van der Waals surface area contributed by atoms with Gasteiger partial charge in [-0.2, -0.15) is 0 Å². The second-order valence-electron chi connectivity index (χ2n) is 4.06. The molecule has 1 rings (SSSR count). The fourth-order valence-electron chi connectivity index (χ4n) is 1.56. The van der Waals surface area contributed by atoms with Crippen LogP contribution in [0.25, 0.3) is 0 Å². The monoisotopic (exact) mass is 313 g/mol. The minimum Gasteiger partial charge on any atom is -0.462 e. The summed E-state index contributed by atoms with van der Waals surface area (Å²) < 4.78 is 5.04. The lowest BCUT2D eigenvalue weighted by Crippen LogP contribution is -2.16. The average Bonchev–Trinajstić information content (AvgIpc) is 2.65. The summed E-state index contributed by atoms with van der Waals surface area (Å²) >= 11 is 2.87. The predicted octanol–water partition coefficient (Wildman–Crippen LogP) is 3.40. The molecule has 1 amide bonds. The molecule has 0 saturated carbocycles. The summed E-state index contributed by atoms with van der Waals surface area (Å²) in [7, 11) is 0. The van der Waals surface area contributed by atoms with Crippen LogP contribution in [0.4, 0.5) is 5.00 Å². The third-order valence-corrected chi connectivity index (χ3v) is 4.65. The Morgan fingerprint density at radius 2 is 2.15 bits per heavy atom. The van der Waals surface area contributed by atoms with Gasteiger partial charge in [0.05, 0.1) is 17.9 Å². The Morgan fingerprint density at radius 3 is 2.75 bits per heavy atom. The summed E-state index contributed by atoms with van der Waals surface area (Å²) in [5.41, 5.74) is 1.33. The number of thiophene rings is 1. The zero-order chi connectivity index (χ0) is 15.1. The van der Waals surface area contributed by atoms with Crippen LogP contribution in [0.2, 0.25) is 0 Å². The van der Waals surface area contributed by atoms with Gasteiger partial charge < -0.3 is 10.1 Å². The van der Waals surface area contributed by atoms with Crippen molar-refractivity contribution >= 4 is 40.0 Å². The maximum Gasteiger partial charge on any atom is 0.341 e. The van der Waals surface area contributed by atoms with Gasteiger partial charge in [-0.1, -0.05) is 6.08 Å². The molecule has 4 nitrogen and oxygen atoms in total. The lowest BCUT2D eigenvalue weighted by atomic mass is 10.1. The second-order valence-corrected chi connectivity index (χ2v) is 6.31. The van der Waals surface area contributed by atoms with E-state index < -0.39 is 0 Å². The van der Waals surface area contributed by atoms with E-state index in [1.54, 1.807) is 13.0 Å². The van der Waals surface area contributed by atoms with Crippen molar-refractivity contribution in [3.8, 4) is 0 Å². The van der Waals surface area contributed by atoms with Crippen LogP contribution < -0.4 is 5.32 Å². The number of hydrogen-bond donors (Lipinski definition) is 1. The van der Waals surface area contributed by atoms with Crippen LogP contribution in [0.15, 0.2) is 12.7 Å². The van der Waals surface area contributed by atoms with Gasteiger partial charge >= 0.3 is 5.97 Å². The molecule has 0 spiro atoms. The average molecular weight is 313 g/mol. The molecule has 0 unspecified atom stereocenters. The topological polar surface area (TPSA) is 55.4 Å². The highest BCUT2D eigenvalue weighted by molar-refractivity contribution is 8.00. The molecule has 1 aromatic heterocycles. The molecule has 0 saturated heterocycles. The van der Waals surface area contributed by atoms with E-state index >= 15 is 0 Å². The zero-order valence-corrected chi connectivity index (χ0v) is 13.6. The summed E-state index contributed by atoms with van der Waals surface area (Å²) in [6, 6.07) is 0. The number of amides is 1. The van der Waals surface area contributed by atoms with Crippen molar-refractivity contribution in [2.24, 2.45) is 0 Å². The molecule has 1 aromatic rings. The third-order valence-electron chi connectivity index (χ3n) is 2.59. The number of carbonyl (C=O) groups excluding carboxylic acids is 2. The highest BCUT2D eigenvalue weighted by Crippen LogP contribution is 2.33. The lowest BCUT2D eigenvalue weighted by Gasteiger charge is -2.06. The van der Waals surface area contributed by atoms with E-state index in [2.05, 4.69) is 11.9 Å². The Hall–Kier alpha value is -1.27. The summed E-state index contributed by atoms with van der Waals surface area (Å²) in [6.07, 6.45) is 1.75. The number of ether oxygens (including phenoxy) is 1. The maximum atomic E-state index is 12.0. The van der Waals surface area contributed by atoms with Crippen LogP contribution in [0.3, 0.4) is 0 Å². The van der Waals surface area contributed by atoms with Gasteiger partial charge in [-0.25, -0.2) is 4.79 Å². The van der Waals surface area contributed by atoms with Crippen LogP contribution >= 0.6 is 23.1 Å². The van der Waals surface area contributed by atoms with E-state index in [1.807, 2.05) is 13.8 Å². The number of thioether (sulfide) groups is 1. The summed E-state index contributed by atoms with van der Waals surface area (Å²) in [5, 5.41) is 3.37. The third kappa shape index (κ3) is 4.38. The summed E-state index contributed by atoms with van der Waals surface area (Å²) in [4.78, 5) is 24.8. The van der Waals surface area contributed by atoms with Crippen LogP contribution in [-0.4, -0.2) is 30.0 Å². The van der Waals surface area contributed by atoms with Gasteiger partial charge in [0.1, 0.15) is 5.00 Å². The van der Waals surface area contributed by atoms with Gasteiger partial charge in [0.25, 0.3) is 0 Å². The van der Waals surface area contributed by atoms with Gasteiger partial charge in [0, 0.05) is 10.6 Å². The van der Waals surface area contributed by atoms with Gasteiger partial charge in [0.2, 0.25) is 5.91 Å². The normalized spacial score (nSPS) is 10.2. The van der Waals surface area contributed by atoms with Crippen molar-refractivity contribution in [2.75, 3.05) is 23.4 Å². The number of hydrogen-bond acceptors (Lipinski definition) is 5. The minimum absolute atomic E-state index is 0.122. The SMILES string of the molecule is C=CCSCC(=O)Nc1sc(C)c(C)c1C(=O)OCC. The van der Waals surface area contributed by atoms with E-state index in [9.17, 15) is 9.59 Å². The van der Waals surface area contributed by atoms with E-state index in [0.717, 1.165) is 16.2 Å². The Morgan fingerprint density at radius 1 is 1.45 bits per heavy atom. The Labute approximate surface area is 127 Å². The van der Waals surface area contributed by atoms with Crippen molar-refractivity contribution in [1.29, 1.82) is 0 Å². The molecular weight excluding hydrogens is 294 g/mol. The molecule has 0 aromatic carbocycles. The Kier molecular flexibility index (Phi) is 6.81. The van der Waals surface area contributed by atoms with Gasteiger partial charge in [-0.15, -0.1) is 29.7 Å². The molecule has 0 fully saturated rings. The summed E-state index contributed by atoms with van der Waals surface area (Å²) in [6.45, 7) is 9.46.